The van der Waals surface area contributed by atoms with E-state index in [1.807, 2.05) is 35.3 Å². The van der Waals surface area contributed by atoms with Crippen LogP contribution in [0.2, 0.25) is 0 Å². The largest absolute Gasteiger partial charge is 0.493 e. The lowest BCUT2D eigenvalue weighted by atomic mass is 10.0. The van der Waals surface area contributed by atoms with Crippen LogP contribution < -0.4 is 24.3 Å². The minimum Gasteiger partial charge on any atom is -0.493 e. The average molecular weight is 470 g/mol. The summed E-state index contributed by atoms with van der Waals surface area (Å²) in [6.45, 7) is 5.52. The molecule has 1 amide bonds. The number of anilines is 1. The molecule has 184 valence electrons. The number of methoxy groups -OCH3 is 3. The first kappa shape index (κ1) is 25.2. The summed E-state index contributed by atoms with van der Waals surface area (Å²) in [6.07, 6.45) is 4.38. The highest BCUT2D eigenvalue weighted by molar-refractivity contribution is 5.95. The van der Waals surface area contributed by atoms with Crippen LogP contribution in [0.3, 0.4) is 0 Å². The van der Waals surface area contributed by atoms with E-state index < -0.39 is 0 Å². The second-order valence-corrected chi connectivity index (χ2v) is 8.56. The van der Waals surface area contributed by atoms with Gasteiger partial charge in [-0.25, -0.2) is 0 Å². The quantitative estimate of drug-likeness (QED) is 0.513. The summed E-state index contributed by atoms with van der Waals surface area (Å²) in [6, 6.07) is 10.8. The molecule has 8 heteroatoms. The smallest absolute Gasteiger partial charge is 0.248 e. The van der Waals surface area contributed by atoms with Crippen LogP contribution in [0, 0.1) is 5.92 Å². The van der Waals surface area contributed by atoms with Crippen LogP contribution in [0.4, 0.5) is 5.69 Å². The number of ether oxygens (including phenoxy) is 4. The first-order chi connectivity index (χ1) is 16.5. The summed E-state index contributed by atoms with van der Waals surface area (Å²) in [5.41, 5.74) is 1.45. The van der Waals surface area contributed by atoms with Crippen molar-refractivity contribution >= 4 is 17.8 Å². The number of hydrazone groups is 1. The molecule has 0 spiro atoms. The molecule has 1 aliphatic rings. The summed E-state index contributed by atoms with van der Waals surface area (Å²) < 4.78 is 22.1. The number of amides is 1. The highest BCUT2D eigenvalue weighted by atomic mass is 16.5. The van der Waals surface area contributed by atoms with E-state index in [1.54, 1.807) is 33.6 Å². The van der Waals surface area contributed by atoms with Gasteiger partial charge in [-0.15, -0.1) is 0 Å². The maximum absolute atomic E-state index is 13.1. The van der Waals surface area contributed by atoms with E-state index in [9.17, 15) is 4.79 Å². The molecule has 1 atom stereocenters. The van der Waals surface area contributed by atoms with Crippen molar-refractivity contribution in [3.8, 4) is 23.0 Å². The Kier molecular flexibility index (Phi) is 9.01. The fourth-order valence-corrected chi connectivity index (χ4v) is 3.84. The van der Waals surface area contributed by atoms with Crippen molar-refractivity contribution in [2.75, 3.05) is 39.8 Å². The van der Waals surface area contributed by atoms with Gasteiger partial charge in [0, 0.05) is 23.9 Å². The number of carbonyl (C=O) groups excluding carboxylic acids is 1. The monoisotopic (exact) mass is 469 g/mol. The number of benzene rings is 2. The predicted octanol–water partition coefficient (Wildman–Crippen LogP) is 4.57. The number of piperidine rings is 1. The molecule has 3 rings (SSSR count). The van der Waals surface area contributed by atoms with E-state index in [4.69, 9.17) is 18.9 Å². The standard InChI is InChI=1S/C26H35N3O5/c1-18(2)17-34-21-10-8-9-20(15-21)28-26(30)22-11-6-7-14-29(22)27-16-19-12-13-23(31-3)25(33-5)24(19)32-4/h8-10,12-13,15-16,18,22H,6-7,11,14,17H2,1-5H3,(H,28,30)/b27-16+. The molecule has 1 fully saturated rings. The first-order valence-electron chi connectivity index (χ1n) is 11.6. The zero-order valence-electron chi connectivity index (χ0n) is 20.7. The van der Waals surface area contributed by atoms with Gasteiger partial charge in [0.2, 0.25) is 11.7 Å². The molecular formula is C26H35N3O5. The summed E-state index contributed by atoms with van der Waals surface area (Å²) in [4.78, 5) is 13.1. The van der Waals surface area contributed by atoms with Gasteiger partial charge in [0.05, 0.1) is 34.2 Å². The van der Waals surface area contributed by atoms with Crippen LogP contribution in [-0.2, 0) is 4.79 Å². The summed E-state index contributed by atoms with van der Waals surface area (Å²) >= 11 is 0. The second kappa shape index (κ2) is 12.2. The Labute approximate surface area is 201 Å². The highest BCUT2D eigenvalue weighted by Crippen LogP contribution is 2.39. The van der Waals surface area contributed by atoms with Crippen molar-refractivity contribution in [3.63, 3.8) is 0 Å². The van der Waals surface area contributed by atoms with Gasteiger partial charge in [0.25, 0.3) is 0 Å². The lowest BCUT2D eigenvalue weighted by Gasteiger charge is -2.32. The Hall–Kier alpha value is -3.42. The number of nitrogens with one attached hydrogen (secondary N) is 1. The molecular weight excluding hydrogens is 434 g/mol. The molecule has 1 aliphatic heterocycles. The molecule has 1 unspecified atom stereocenters. The molecule has 1 N–H and O–H groups in total. The molecule has 1 saturated heterocycles. The third-order valence-corrected chi connectivity index (χ3v) is 5.54. The number of rotatable bonds is 10. The zero-order chi connectivity index (χ0) is 24.5. The predicted molar refractivity (Wildman–Crippen MR) is 133 cm³/mol. The van der Waals surface area contributed by atoms with Gasteiger partial charge < -0.3 is 24.3 Å². The SMILES string of the molecule is COc1ccc(/C=N/N2CCCCC2C(=O)Nc2cccc(OCC(C)C)c2)c(OC)c1OC. The fourth-order valence-electron chi connectivity index (χ4n) is 3.84. The third-order valence-electron chi connectivity index (χ3n) is 5.54. The number of hydrogen-bond acceptors (Lipinski definition) is 7. The van der Waals surface area contributed by atoms with Gasteiger partial charge >= 0.3 is 0 Å². The Balaban J connectivity index is 1.74. The van der Waals surface area contributed by atoms with E-state index >= 15 is 0 Å². The van der Waals surface area contributed by atoms with Crippen molar-refractivity contribution in [3.05, 3.63) is 42.0 Å². The van der Waals surface area contributed by atoms with Crippen molar-refractivity contribution in [1.29, 1.82) is 0 Å². The van der Waals surface area contributed by atoms with Crippen molar-refractivity contribution < 1.29 is 23.7 Å². The van der Waals surface area contributed by atoms with Crippen molar-refractivity contribution in [2.45, 2.75) is 39.2 Å². The zero-order valence-corrected chi connectivity index (χ0v) is 20.7. The van der Waals surface area contributed by atoms with Gasteiger partial charge in [-0.2, -0.15) is 5.10 Å². The Morgan fingerprint density at radius 3 is 2.62 bits per heavy atom. The van der Waals surface area contributed by atoms with Gasteiger partial charge in [0.1, 0.15) is 11.8 Å². The van der Waals surface area contributed by atoms with Gasteiger partial charge in [-0.1, -0.05) is 19.9 Å². The average Bonchev–Trinajstić information content (AvgIpc) is 2.85. The maximum atomic E-state index is 13.1. The molecule has 0 saturated carbocycles. The lowest BCUT2D eigenvalue weighted by molar-refractivity contribution is -0.122. The Morgan fingerprint density at radius 1 is 1.12 bits per heavy atom. The molecule has 0 radical (unpaired) electrons. The molecule has 0 aromatic heterocycles. The molecule has 8 nitrogen and oxygen atoms in total. The van der Waals surface area contributed by atoms with E-state index in [0.29, 0.717) is 42.0 Å². The topological polar surface area (TPSA) is 81.6 Å². The minimum absolute atomic E-state index is 0.0860. The molecule has 0 bridgehead atoms. The lowest BCUT2D eigenvalue weighted by Crippen LogP contribution is -2.44. The van der Waals surface area contributed by atoms with Crippen LogP contribution in [0.5, 0.6) is 23.0 Å². The molecule has 34 heavy (non-hydrogen) atoms. The molecule has 1 heterocycles. The maximum Gasteiger partial charge on any atom is 0.248 e. The second-order valence-electron chi connectivity index (χ2n) is 8.56. The van der Waals surface area contributed by atoms with Crippen LogP contribution in [0.1, 0.15) is 38.7 Å². The Morgan fingerprint density at radius 2 is 1.91 bits per heavy atom. The van der Waals surface area contributed by atoms with E-state index in [0.717, 1.165) is 30.6 Å². The normalized spacial score (nSPS) is 15.9. The van der Waals surface area contributed by atoms with Crippen molar-refractivity contribution in [1.82, 2.24) is 5.01 Å². The fraction of sp³-hybridized carbons (Fsp3) is 0.462. The van der Waals surface area contributed by atoms with Crippen LogP contribution in [0.25, 0.3) is 0 Å². The van der Waals surface area contributed by atoms with Crippen molar-refractivity contribution in [2.24, 2.45) is 11.0 Å². The number of hydrogen-bond donors (Lipinski definition) is 1. The molecule has 0 aliphatic carbocycles. The van der Waals surface area contributed by atoms with E-state index in [-0.39, 0.29) is 11.9 Å². The Bertz CT molecular complexity index is 992. The number of carbonyl (C=O) groups is 1. The van der Waals surface area contributed by atoms with Crippen LogP contribution in [-0.4, -0.2) is 57.7 Å². The first-order valence-corrected chi connectivity index (χ1v) is 11.6. The third kappa shape index (κ3) is 6.34. The summed E-state index contributed by atoms with van der Waals surface area (Å²) in [5, 5.41) is 9.52. The van der Waals surface area contributed by atoms with Crippen LogP contribution >= 0.6 is 0 Å². The van der Waals surface area contributed by atoms with E-state index in [2.05, 4.69) is 24.3 Å². The summed E-state index contributed by atoms with van der Waals surface area (Å²) in [5.74, 6) is 2.69. The van der Waals surface area contributed by atoms with Gasteiger partial charge in [0.15, 0.2) is 11.5 Å². The highest BCUT2D eigenvalue weighted by Gasteiger charge is 2.28. The van der Waals surface area contributed by atoms with Gasteiger partial charge in [-0.05, 0) is 49.4 Å². The number of nitrogens with zero attached hydrogens (tertiary/aromatic N) is 2. The van der Waals surface area contributed by atoms with Gasteiger partial charge in [-0.3, -0.25) is 9.80 Å². The molecule has 2 aromatic rings. The van der Waals surface area contributed by atoms with E-state index in [1.165, 1.54) is 0 Å². The van der Waals surface area contributed by atoms with Crippen LogP contribution in [0.15, 0.2) is 41.5 Å². The minimum atomic E-state index is -0.364. The summed E-state index contributed by atoms with van der Waals surface area (Å²) in [7, 11) is 4.72. The molecule has 2 aromatic carbocycles.